The van der Waals surface area contributed by atoms with E-state index in [9.17, 15) is 24.0 Å². The summed E-state index contributed by atoms with van der Waals surface area (Å²) in [6, 6.07) is -1.53. The number of hydrogen-bond acceptors (Lipinski definition) is 5. The van der Waals surface area contributed by atoms with Crippen molar-refractivity contribution in [1.29, 1.82) is 0 Å². The topological polar surface area (TPSA) is 136 Å². The number of nitrogens with one attached hydrogen (secondary N) is 2. The molecule has 1 aliphatic heterocycles. The Morgan fingerprint density at radius 2 is 2.04 bits per heavy atom. The average molecular weight is 342 g/mol. The van der Waals surface area contributed by atoms with Crippen molar-refractivity contribution in [3.05, 3.63) is 0 Å². The number of nitrogens with zero attached hydrogens (tertiary/aromatic N) is 2. The van der Waals surface area contributed by atoms with Crippen molar-refractivity contribution in [2.75, 3.05) is 26.2 Å². The monoisotopic (exact) mass is 342 g/mol. The fourth-order valence-electron chi connectivity index (χ4n) is 2.23. The molecule has 0 aromatic carbocycles. The minimum absolute atomic E-state index is 0.00521. The van der Waals surface area contributed by atoms with E-state index >= 15 is 0 Å². The lowest BCUT2D eigenvalue weighted by Crippen LogP contribution is -2.46. The third-order valence-electron chi connectivity index (χ3n) is 3.58. The smallest absolute Gasteiger partial charge is 0.326 e. The van der Waals surface area contributed by atoms with Crippen molar-refractivity contribution >= 4 is 29.7 Å². The molecule has 1 saturated heterocycles. The summed E-state index contributed by atoms with van der Waals surface area (Å²) >= 11 is 0. The Hall–Kier alpha value is -2.65. The van der Waals surface area contributed by atoms with Crippen LogP contribution in [0.4, 0.5) is 4.79 Å². The Morgan fingerprint density at radius 1 is 1.38 bits per heavy atom. The van der Waals surface area contributed by atoms with Crippen LogP contribution >= 0.6 is 0 Å². The van der Waals surface area contributed by atoms with Crippen molar-refractivity contribution in [1.82, 2.24) is 20.4 Å². The molecule has 0 aromatic heterocycles. The average Bonchev–Trinajstić information content (AvgIpc) is 2.82. The van der Waals surface area contributed by atoms with Crippen LogP contribution in [-0.2, 0) is 19.2 Å². The molecule has 1 atom stereocenters. The molecular weight excluding hydrogens is 320 g/mol. The standard InChI is InChI=1S/C14H22N4O6/c1-9(13(22)23)17(7-5-15-10(2)19)11(20)4-3-6-18-12(21)8-16-14(18)24/h9H,3-8H2,1-2H3,(H,15,19)(H,16,24)(H,22,23). The van der Waals surface area contributed by atoms with Crippen LogP contribution in [0.3, 0.4) is 0 Å². The van der Waals surface area contributed by atoms with Crippen molar-refractivity contribution in [3.8, 4) is 0 Å². The first-order valence-electron chi connectivity index (χ1n) is 7.59. The minimum Gasteiger partial charge on any atom is -0.480 e. The number of imide groups is 1. The molecular formula is C14H22N4O6. The summed E-state index contributed by atoms with van der Waals surface area (Å²) in [5.74, 6) is -2.19. The van der Waals surface area contributed by atoms with Gasteiger partial charge in [-0.15, -0.1) is 0 Å². The van der Waals surface area contributed by atoms with Gasteiger partial charge in [-0.3, -0.25) is 19.3 Å². The molecule has 1 unspecified atom stereocenters. The molecule has 10 heteroatoms. The van der Waals surface area contributed by atoms with Gasteiger partial charge in [0.25, 0.3) is 0 Å². The summed E-state index contributed by atoms with van der Waals surface area (Å²) in [6.07, 6.45) is 0.232. The van der Waals surface area contributed by atoms with Gasteiger partial charge in [0.1, 0.15) is 6.04 Å². The first kappa shape index (κ1) is 19.4. The summed E-state index contributed by atoms with van der Waals surface area (Å²) in [4.78, 5) is 59.2. The molecule has 0 aliphatic carbocycles. The maximum Gasteiger partial charge on any atom is 0.326 e. The van der Waals surface area contributed by atoms with E-state index in [1.807, 2.05) is 0 Å². The lowest BCUT2D eigenvalue weighted by atomic mass is 10.2. The highest BCUT2D eigenvalue weighted by atomic mass is 16.4. The maximum absolute atomic E-state index is 12.2. The first-order chi connectivity index (χ1) is 11.2. The van der Waals surface area contributed by atoms with Crippen LogP contribution in [0.25, 0.3) is 0 Å². The van der Waals surface area contributed by atoms with Crippen LogP contribution < -0.4 is 10.6 Å². The minimum atomic E-state index is -1.15. The second-order valence-electron chi connectivity index (χ2n) is 5.39. The molecule has 10 nitrogen and oxygen atoms in total. The Morgan fingerprint density at radius 3 is 2.54 bits per heavy atom. The highest BCUT2D eigenvalue weighted by molar-refractivity contribution is 6.01. The molecule has 0 radical (unpaired) electrons. The Labute approximate surface area is 139 Å². The zero-order valence-electron chi connectivity index (χ0n) is 13.7. The fraction of sp³-hybridized carbons (Fsp3) is 0.643. The fourth-order valence-corrected chi connectivity index (χ4v) is 2.23. The van der Waals surface area contributed by atoms with E-state index in [0.29, 0.717) is 0 Å². The van der Waals surface area contributed by atoms with Gasteiger partial charge in [-0.1, -0.05) is 0 Å². The van der Waals surface area contributed by atoms with Crippen molar-refractivity contribution < 1.29 is 29.1 Å². The molecule has 134 valence electrons. The van der Waals surface area contributed by atoms with Crippen LogP contribution in [0.2, 0.25) is 0 Å². The van der Waals surface area contributed by atoms with E-state index in [4.69, 9.17) is 5.11 Å². The third-order valence-corrected chi connectivity index (χ3v) is 3.58. The highest BCUT2D eigenvalue weighted by Gasteiger charge is 2.29. The molecule has 0 spiro atoms. The van der Waals surface area contributed by atoms with E-state index < -0.39 is 23.9 Å². The lowest BCUT2D eigenvalue weighted by Gasteiger charge is -2.27. The number of amides is 5. The number of urea groups is 1. The maximum atomic E-state index is 12.2. The van der Waals surface area contributed by atoms with E-state index in [1.54, 1.807) is 0 Å². The number of carbonyl (C=O) groups excluding carboxylic acids is 4. The molecule has 0 saturated carbocycles. The van der Waals surface area contributed by atoms with E-state index in [0.717, 1.165) is 9.80 Å². The number of carboxylic acids is 1. The summed E-state index contributed by atoms with van der Waals surface area (Å²) in [5.41, 5.74) is 0. The van der Waals surface area contributed by atoms with Crippen LogP contribution in [0.5, 0.6) is 0 Å². The van der Waals surface area contributed by atoms with Gasteiger partial charge in [0.05, 0.1) is 6.54 Å². The number of hydrogen-bond donors (Lipinski definition) is 3. The van der Waals surface area contributed by atoms with Gasteiger partial charge in [-0.25, -0.2) is 9.59 Å². The number of carbonyl (C=O) groups is 5. The second kappa shape index (κ2) is 8.85. The van der Waals surface area contributed by atoms with E-state index in [-0.39, 0.29) is 50.8 Å². The summed E-state index contributed by atoms with van der Waals surface area (Å²) in [7, 11) is 0. The Bertz CT molecular complexity index is 519. The molecule has 1 fully saturated rings. The molecule has 24 heavy (non-hydrogen) atoms. The number of carboxylic acid groups (broad SMARTS) is 1. The summed E-state index contributed by atoms with van der Waals surface area (Å²) in [6.45, 7) is 2.96. The normalized spacial score (nSPS) is 15.0. The zero-order chi connectivity index (χ0) is 18.3. The zero-order valence-corrected chi connectivity index (χ0v) is 13.7. The molecule has 3 N–H and O–H groups in total. The second-order valence-corrected chi connectivity index (χ2v) is 5.39. The SMILES string of the molecule is CC(=O)NCCN(C(=O)CCCN1C(=O)CNC1=O)C(C)C(=O)O. The molecule has 1 rings (SSSR count). The lowest BCUT2D eigenvalue weighted by molar-refractivity contribution is -0.149. The van der Waals surface area contributed by atoms with Crippen molar-refractivity contribution in [2.24, 2.45) is 0 Å². The van der Waals surface area contributed by atoms with Gasteiger partial charge in [-0.05, 0) is 13.3 Å². The number of aliphatic carboxylic acids is 1. The summed E-state index contributed by atoms with van der Waals surface area (Å²) < 4.78 is 0. The molecule has 0 aromatic rings. The van der Waals surface area contributed by atoms with E-state index in [1.165, 1.54) is 13.8 Å². The van der Waals surface area contributed by atoms with Crippen LogP contribution in [0.15, 0.2) is 0 Å². The van der Waals surface area contributed by atoms with Gasteiger partial charge in [0.15, 0.2) is 0 Å². The van der Waals surface area contributed by atoms with Gasteiger partial charge in [0.2, 0.25) is 17.7 Å². The van der Waals surface area contributed by atoms with Gasteiger partial charge < -0.3 is 20.6 Å². The molecule has 0 bridgehead atoms. The van der Waals surface area contributed by atoms with E-state index in [2.05, 4.69) is 10.6 Å². The number of rotatable bonds is 9. The van der Waals surface area contributed by atoms with Gasteiger partial charge >= 0.3 is 12.0 Å². The molecule has 5 amide bonds. The van der Waals surface area contributed by atoms with Crippen LogP contribution in [0.1, 0.15) is 26.7 Å². The Balaban J connectivity index is 2.53. The molecule has 1 heterocycles. The first-order valence-corrected chi connectivity index (χ1v) is 7.59. The van der Waals surface area contributed by atoms with Gasteiger partial charge in [0, 0.05) is 33.0 Å². The summed E-state index contributed by atoms with van der Waals surface area (Å²) in [5, 5.41) is 14.0. The van der Waals surface area contributed by atoms with Crippen LogP contribution in [-0.4, -0.2) is 76.8 Å². The predicted octanol–water partition coefficient (Wildman–Crippen LogP) is -1.24. The quantitative estimate of drug-likeness (QED) is 0.448. The predicted molar refractivity (Wildman–Crippen MR) is 81.8 cm³/mol. The van der Waals surface area contributed by atoms with Gasteiger partial charge in [-0.2, -0.15) is 0 Å². The Kier molecular flexibility index (Phi) is 7.15. The molecule has 1 aliphatic rings. The van der Waals surface area contributed by atoms with Crippen molar-refractivity contribution in [3.63, 3.8) is 0 Å². The highest BCUT2D eigenvalue weighted by Crippen LogP contribution is 2.07. The van der Waals surface area contributed by atoms with Crippen molar-refractivity contribution in [2.45, 2.75) is 32.7 Å². The third kappa shape index (κ3) is 5.52. The van der Waals surface area contributed by atoms with Crippen LogP contribution in [0, 0.1) is 0 Å². The largest absolute Gasteiger partial charge is 0.480 e.